The number of thiazole rings is 1. The molecule has 1 aliphatic rings. The monoisotopic (exact) mass is 515 g/mol. The number of aromatic nitrogens is 1. The summed E-state index contributed by atoms with van der Waals surface area (Å²) >= 11 is 1.48. The van der Waals surface area contributed by atoms with Crippen LogP contribution in [0.3, 0.4) is 0 Å². The Morgan fingerprint density at radius 3 is 2.60 bits per heavy atom. The number of nitrogens with zero attached hydrogens (tertiary/aromatic N) is 3. The highest BCUT2D eigenvalue weighted by atomic mass is 32.2. The standard InChI is InChI=1S/C26H33N3O4S2/c1-5-33-15-14-28-24-19(3)16-18(2)17-23(24)34-26(28)27-25(30)21-9-11-22(12-10-21)35(31,32)29-13-7-6-8-20(29)4/h9-12,16-17,20H,5-8,13-15H2,1-4H3. The minimum absolute atomic E-state index is 0.0164. The average Bonchev–Trinajstić information content (AvgIpc) is 3.16. The average molecular weight is 516 g/mol. The van der Waals surface area contributed by atoms with Crippen molar-refractivity contribution in [2.45, 2.75) is 64.4 Å². The minimum Gasteiger partial charge on any atom is -0.380 e. The number of rotatable bonds is 7. The number of carbonyl (C=O) groups is 1. The lowest BCUT2D eigenvalue weighted by Crippen LogP contribution is -2.41. The number of ether oxygens (including phenoxy) is 1. The van der Waals surface area contributed by atoms with E-state index >= 15 is 0 Å². The molecule has 4 rings (SSSR count). The van der Waals surface area contributed by atoms with Crippen molar-refractivity contribution < 1.29 is 17.9 Å². The first-order valence-electron chi connectivity index (χ1n) is 12.1. The molecule has 0 radical (unpaired) electrons. The number of aryl methyl sites for hydroxylation is 2. The number of benzene rings is 2. The van der Waals surface area contributed by atoms with E-state index in [1.807, 2.05) is 18.4 Å². The van der Waals surface area contributed by atoms with Gasteiger partial charge in [-0.05, 0) is 82.0 Å². The first-order chi connectivity index (χ1) is 16.7. The van der Waals surface area contributed by atoms with E-state index in [0.717, 1.165) is 40.6 Å². The van der Waals surface area contributed by atoms with Crippen molar-refractivity contribution in [3.63, 3.8) is 0 Å². The van der Waals surface area contributed by atoms with Crippen molar-refractivity contribution in [1.82, 2.24) is 8.87 Å². The lowest BCUT2D eigenvalue weighted by Gasteiger charge is -2.32. The van der Waals surface area contributed by atoms with E-state index in [1.54, 1.807) is 16.4 Å². The number of hydrogen-bond donors (Lipinski definition) is 0. The van der Waals surface area contributed by atoms with Crippen LogP contribution >= 0.6 is 11.3 Å². The smallest absolute Gasteiger partial charge is 0.279 e. The Balaban J connectivity index is 1.66. The second kappa shape index (κ2) is 10.7. The van der Waals surface area contributed by atoms with Crippen molar-refractivity contribution in [2.75, 3.05) is 19.8 Å². The molecular formula is C26H33N3O4S2. The molecular weight excluding hydrogens is 482 g/mol. The van der Waals surface area contributed by atoms with Crippen molar-refractivity contribution in [1.29, 1.82) is 0 Å². The van der Waals surface area contributed by atoms with Crippen molar-refractivity contribution >= 4 is 37.5 Å². The second-order valence-electron chi connectivity index (χ2n) is 9.06. The first-order valence-corrected chi connectivity index (χ1v) is 14.4. The fourth-order valence-electron chi connectivity index (χ4n) is 4.67. The minimum atomic E-state index is -3.58. The molecule has 188 valence electrons. The molecule has 1 unspecified atom stereocenters. The molecule has 3 aromatic rings. The Hall–Kier alpha value is -2.33. The van der Waals surface area contributed by atoms with Crippen molar-refractivity contribution in [2.24, 2.45) is 4.99 Å². The van der Waals surface area contributed by atoms with Gasteiger partial charge in [-0.15, -0.1) is 0 Å². The van der Waals surface area contributed by atoms with Crippen LogP contribution in [0.15, 0.2) is 46.3 Å². The maximum absolute atomic E-state index is 13.1. The molecule has 9 heteroatoms. The highest BCUT2D eigenvalue weighted by Gasteiger charge is 2.30. The summed E-state index contributed by atoms with van der Waals surface area (Å²) < 4.78 is 36.5. The number of amides is 1. The Morgan fingerprint density at radius 1 is 1.17 bits per heavy atom. The molecule has 2 aromatic carbocycles. The first kappa shape index (κ1) is 25.8. The van der Waals surface area contributed by atoms with Crippen LogP contribution in [0, 0.1) is 13.8 Å². The molecule has 1 saturated heterocycles. The largest absolute Gasteiger partial charge is 0.380 e. The molecule has 0 N–H and O–H groups in total. The van der Waals surface area contributed by atoms with Gasteiger partial charge in [0.25, 0.3) is 5.91 Å². The highest BCUT2D eigenvalue weighted by Crippen LogP contribution is 2.26. The Morgan fingerprint density at radius 2 is 1.91 bits per heavy atom. The van der Waals surface area contributed by atoms with Crippen LogP contribution in [0.5, 0.6) is 0 Å². The summed E-state index contributed by atoms with van der Waals surface area (Å²) in [5.41, 5.74) is 3.70. The van der Waals surface area contributed by atoms with E-state index in [-0.39, 0.29) is 10.9 Å². The van der Waals surface area contributed by atoms with Crippen LogP contribution in [0.2, 0.25) is 0 Å². The molecule has 0 bridgehead atoms. The Labute approximate surface area is 211 Å². The van der Waals surface area contributed by atoms with E-state index in [9.17, 15) is 13.2 Å². The van der Waals surface area contributed by atoms with Gasteiger partial charge in [-0.1, -0.05) is 23.8 Å². The maximum Gasteiger partial charge on any atom is 0.279 e. The molecule has 0 spiro atoms. The summed E-state index contributed by atoms with van der Waals surface area (Å²) in [6, 6.07) is 10.4. The Kier molecular flexibility index (Phi) is 7.90. The lowest BCUT2D eigenvalue weighted by atomic mass is 10.1. The predicted molar refractivity (Wildman–Crippen MR) is 139 cm³/mol. The molecule has 1 fully saturated rings. The molecule has 1 atom stereocenters. The van der Waals surface area contributed by atoms with E-state index in [4.69, 9.17) is 4.74 Å². The number of piperidine rings is 1. The third-order valence-electron chi connectivity index (χ3n) is 6.42. The summed E-state index contributed by atoms with van der Waals surface area (Å²) in [6.45, 7) is 10.3. The summed E-state index contributed by atoms with van der Waals surface area (Å²) in [5, 5.41) is 0. The summed E-state index contributed by atoms with van der Waals surface area (Å²) in [4.78, 5) is 18.3. The van der Waals surface area contributed by atoms with Crippen LogP contribution in [-0.2, 0) is 21.3 Å². The second-order valence-corrected chi connectivity index (χ2v) is 12.0. The van der Waals surface area contributed by atoms with Crippen LogP contribution in [0.4, 0.5) is 0 Å². The number of hydrogen-bond acceptors (Lipinski definition) is 5. The van der Waals surface area contributed by atoms with E-state index in [1.165, 1.54) is 23.5 Å². The van der Waals surface area contributed by atoms with Gasteiger partial charge in [0.2, 0.25) is 10.0 Å². The van der Waals surface area contributed by atoms with E-state index in [0.29, 0.717) is 36.7 Å². The summed E-state index contributed by atoms with van der Waals surface area (Å²) in [6.07, 6.45) is 2.78. The van der Waals surface area contributed by atoms with Crippen LogP contribution in [-0.4, -0.2) is 49.0 Å². The Bertz CT molecular complexity index is 1390. The predicted octanol–water partition coefficient (Wildman–Crippen LogP) is 4.66. The van der Waals surface area contributed by atoms with Crippen LogP contribution in [0.25, 0.3) is 10.2 Å². The zero-order valence-electron chi connectivity index (χ0n) is 20.8. The molecule has 0 aliphatic carbocycles. The molecule has 35 heavy (non-hydrogen) atoms. The third kappa shape index (κ3) is 5.43. The van der Waals surface area contributed by atoms with Crippen molar-refractivity contribution in [3.05, 3.63) is 57.9 Å². The summed E-state index contributed by atoms with van der Waals surface area (Å²) in [7, 11) is -3.58. The number of sulfonamides is 1. The van der Waals surface area contributed by atoms with E-state index in [2.05, 4.69) is 31.0 Å². The van der Waals surface area contributed by atoms with Gasteiger partial charge in [0.05, 0.1) is 21.7 Å². The SMILES string of the molecule is CCOCCn1c(=NC(=O)c2ccc(S(=O)(=O)N3CCCCC3C)cc2)sc2cc(C)cc(C)c21. The zero-order chi connectivity index (χ0) is 25.2. The molecule has 7 nitrogen and oxygen atoms in total. The van der Waals surface area contributed by atoms with Gasteiger partial charge in [0.15, 0.2) is 4.80 Å². The number of fused-ring (bicyclic) bond motifs is 1. The van der Waals surface area contributed by atoms with Gasteiger partial charge in [0.1, 0.15) is 0 Å². The molecule has 1 amide bonds. The maximum atomic E-state index is 13.1. The van der Waals surface area contributed by atoms with Gasteiger partial charge in [0, 0.05) is 31.3 Å². The zero-order valence-corrected chi connectivity index (χ0v) is 22.4. The fourth-order valence-corrected chi connectivity index (χ4v) is 7.60. The van der Waals surface area contributed by atoms with Gasteiger partial charge in [-0.2, -0.15) is 9.30 Å². The van der Waals surface area contributed by atoms with Crippen LogP contribution in [0.1, 0.15) is 54.6 Å². The number of carbonyl (C=O) groups excluding carboxylic acids is 1. The van der Waals surface area contributed by atoms with Crippen LogP contribution < -0.4 is 4.80 Å². The van der Waals surface area contributed by atoms with E-state index < -0.39 is 15.9 Å². The molecule has 0 saturated carbocycles. The topological polar surface area (TPSA) is 81.0 Å². The molecule has 1 aromatic heterocycles. The quantitative estimate of drug-likeness (QED) is 0.429. The molecule has 1 aliphatic heterocycles. The fraction of sp³-hybridized carbons (Fsp3) is 0.462. The lowest BCUT2D eigenvalue weighted by molar-refractivity contribution is 0.0996. The van der Waals surface area contributed by atoms with Gasteiger partial charge in [-0.25, -0.2) is 8.42 Å². The summed E-state index contributed by atoms with van der Waals surface area (Å²) in [5.74, 6) is -0.397. The normalized spacial score (nSPS) is 17.8. The van der Waals surface area contributed by atoms with Gasteiger partial charge < -0.3 is 9.30 Å². The van der Waals surface area contributed by atoms with Gasteiger partial charge in [-0.3, -0.25) is 4.79 Å². The van der Waals surface area contributed by atoms with Crippen molar-refractivity contribution in [3.8, 4) is 0 Å². The highest BCUT2D eigenvalue weighted by molar-refractivity contribution is 7.89. The molecule has 2 heterocycles. The third-order valence-corrected chi connectivity index (χ3v) is 9.48. The van der Waals surface area contributed by atoms with Gasteiger partial charge >= 0.3 is 0 Å².